The lowest BCUT2D eigenvalue weighted by Gasteiger charge is -2.34. The quantitative estimate of drug-likeness (QED) is 0.888. The molecular formula is C16H25BrN2. The molecule has 3 heteroatoms. The number of benzene rings is 1. The van der Waals surface area contributed by atoms with E-state index in [2.05, 4.69) is 65.1 Å². The van der Waals surface area contributed by atoms with Crippen LogP contribution < -0.4 is 5.32 Å². The van der Waals surface area contributed by atoms with Crippen LogP contribution in [0.1, 0.15) is 32.3 Å². The minimum atomic E-state index is 0.622. The minimum absolute atomic E-state index is 0.622. The fourth-order valence-corrected chi connectivity index (χ4v) is 3.13. The molecule has 0 radical (unpaired) electrons. The summed E-state index contributed by atoms with van der Waals surface area (Å²) in [5.41, 5.74) is 2.59. The van der Waals surface area contributed by atoms with Crippen LogP contribution in [0.4, 0.5) is 5.69 Å². The van der Waals surface area contributed by atoms with Gasteiger partial charge in [-0.25, -0.2) is 0 Å². The molecule has 0 unspecified atom stereocenters. The Morgan fingerprint density at radius 2 is 2.00 bits per heavy atom. The first-order chi connectivity index (χ1) is 9.06. The molecule has 19 heavy (non-hydrogen) atoms. The molecule has 0 spiro atoms. The molecule has 1 heterocycles. The van der Waals surface area contributed by atoms with Crippen LogP contribution in [0.15, 0.2) is 22.7 Å². The van der Waals surface area contributed by atoms with Gasteiger partial charge in [0.2, 0.25) is 0 Å². The Morgan fingerprint density at radius 3 is 2.63 bits per heavy atom. The summed E-state index contributed by atoms with van der Waals surface area (Å²) in [7, 11) is 0. The first kappa shape index (κ1) is 14.9. The average Bonchev–Trinajstić information content (AvgIpc) is 2.37. The van der Waals surface area contributed by atoms with E-state index >= 15 is 0 Å². The lowest BCUT2D eigenvalue weighted by molar-refractivity contribution is 0.198. The van der Waals surface area contributed by atoms with Gasteiger partial charge >= 0.3 is 0 Å². The highest BCUT2D eigenvalue weighted by Crippen LogP contribution is 2.25. The number of nitrogens with one attached hydrogen (secondary N) is 1. The molecule has 106 valence electrons. The topological polar surface area (TPSA) is 15.3 Å². The van der Waals surface area contributed by atoms with Crippen LogP contribution in [0.5, 0.6) is 0 Å². The van der Waals surface area contributed by atoms with Crippen molar-refractivity contribution in [3.8, 4) is 0 Å². The number of piperidine rings is 1. The van der Waals surface area contributed by atoms with Crippen molar-refractivity contribution < 1.29 is 0 Å². The summed E-state index contributed by atoms with van der Waals surface area (Å²) < 4.78 is 1.19. The van der Waals surface area contributed by atoms with Crippen LogP contribution in [0.2, 0.25) is 0 Å². The van der Waals surface area contributed by atoms with Gasteiger partial charge in [-0.2, -0.15) is 0 Å². The Bertz CT molecular complexity index is 409. The maximum atomic E-state index is 3.71. The average molecular weight is 325 g/mol. The molecule has 1 aromatic rings. The predicted octanol–water partition coefficient (Wildman–Crippen LogP) is 4.29. The van der Waals surface area contributed by atoms with Crippen LogP contribution in [0, 0.1) is 12.8 Å². The third-order valence-electron chi connectivity index (χ3n) is 3.84. The second-order valence-corrected chi connectivity index (χ2v) is 6.88. The van der Waals surface area contributed by atoms with Gasteiger partial charge in [0, 0.05) is 35.8 Å². The van der Waals surface area contributed by atoms with Gasteiger partial charge in [0.1, 0.15) is 0 Å². The van der Waals surface area contributed by atoms with Gasteiger partial charge in [0.05, 0.1) is 0 Å². The third kappa shape index (κ3) is 4.22. The molecular weight excluding hydrogens is 300 g/mol. The Hall–Kier alpha value is -0.540. The van der Waals surface area contributed by atoms with E-state index in [1.807, 2.05) is 0 Å². The molecule has 1 fully saturated rings. The fraction of sp³-hybridized carbons (Fsp3) is 0.625. The monoisotopic (exact) mass is 324 g/mol. The molecule has 0 aromatic heterocycles. The third-order valence-corrected chi connectivity index (χ3v) is 4.70. The molecule has 2 rings (SSSR count). The van der Waals surface area contributed by atoms with E-state index < -0.39 is 0 Å². The Kier molecular flexibility index (Phi) is 5.28. The number of likely N-dealkylation sites (tertiary alicyclic amines) is 1. The lowest BCUT2D eigenvalue weighted by Crippen LogP contribution is -2.40. The van der Waals surface area contributed by atoms with Crippen molar-refractivity contribution in [3.05, 3.63) is 28.2 Å². The van der Waals surface area contributed by atoms with Crippen molar-refractivity contribution in [1.82, 2.24) is 4.90 Å². The van der Waals surface area contributed by atoms with Crippen molar-refractivity contribution in [2.75, 3.05) is 25.0 Å². The zero-order valence-electron chi connectivity index (χ0n) is 12.2. The normalized spacial score (nSPS) is 17.9. The Morgan fingerprint density at radius 1 is 1.32 bits per heavy atom. The van der Waals surface area contributed by atoms with Crippen molar-refractivity contribution in [1.29, 1.82) is 0 Å². The van der Waals surface area contributed by atoms with E-state index in [9.17, 15) is 0 Å². The van der Waals surface area contributed by atoms with E-state index in [-0.39, 0.29) is 0 Å². The second-order valence-electron chi connectivity index (χ2n) is 6.03. The van der Waals surface area contributed by atoms with Gasteiger partial charge in [0.15, 0.2) is 0 Å². The van der Waals surface area contributed by atoms with Crippen LogP contribution in [-0.4, -0.2) is 30.6 Å². The Balaban J connectivity index is 1.87. The number of hydrogen-bond donors (Lipinski definition) is 1. The molecule has 0 amide bonds. The predicted molar refractivity (Wildman–Crippen MR) is 86.8 cm³/mol. The summed E-state index contributed by atoms with van der Waals surface area (Å²) in [4.78, 5) is 2.59. The van der Waals surface area contributed by atoms with E-state index in [4.69, 9.17) is 0 Å². The zero-order chi connectivity index (χ0) is 13.8. The van der Waals surface area contributed by atoms with Gasteiger partial charge in [0.25, 0.3) is 0 Å². The van der Waals surface area contributed by atoms with Crippen LogP contribution in [0.25, 0.3) is 0 Å². The van der Waals surface area contributed by atoms with E-state index in [0.717, 1.165) is 5.92 Å². The van der Waals surface area contributed by atoms with Gasteiger partial charge in [-0.05, 0) is 43.4 Å². The molecule has 1 aliphatic heterocycles. The molecule has 0 saturated carbocycles. The largest absolute Gasteiger partial charge is 0.382 e. The lowest BCUT2D eigenvalue weighted by atomic mass is 10.0. The maximum Gasteiger partial charge on any atom is 0.0383 e. The highest BCUT2D eigenvalue weighted by atomic mass is 79.9. The molecule has 1 aromatic carbocycles. The van der Waals surface area contributed by atoms with Crippen molar-refractivity contribution >= 4 is 21.6 Å². The number of nitrogens with zero attached hydrogens (tertiary/aromatic N) is 1. The van der Waals surface area contributed by atoms with E-state index in [1.165, 1.54) is 48.2 Å². The first-order valence-electron chi connectivity index (χ1n) is 7.30. The number of hydrogen-bond acceptors (Lipinski definition) is 2. The minimum Gasteiger partial charge on any atom is -0.382 e. The molecule has 0 aliphatic carbocycles. The number of halogens is 1. The van der Waals surface area contributed by atoms with Gasteiger partial charge < -0.3 is 10.2 Å². The summed E-state index contributed by atoms with van der Waals surface area (Å²) in [6, 6.07) is 7.01. The summed E-state index contributed by atoms with van der Waals surface area (Å²) >= 11 is 3.60. The summed E-state index contributed by atoms with van der Waals surface area (Å²) in [5, 5.41) is 3.71. The van der Waals surface area contributed by atoms with Crippen molar-refractivity contribution in [2.45, 2.75) is 39.7 Å². The fourth-order valence-electron chi connectivity index (χ4n) is 2.76. The smallest absolute Gasteiger partial charge is 0.0383 e. The SMILES string of the molecule is Cc1c(Br)cccc1NC1CCN(CC(C)C)CC1. The summed E-state index contributed by atoms with van der Waals surface area (Å²) in [5.74, 6) is 0.775. The van der Waals surface area contributed by atoms with Crippen LogP contribution >= 0.6 is 15.9 Å². The standard InChI is InChI=1S/C16H25BrN2/c1-12(2)11-19-9-7-14(8-10-19)18-16-6-4-5-15(17)13(16)3/h4-6,12,14,18H,7-11H2,1-3H3. The number of rotatable bonds is 4. The van der Waals surface area contributed by atoms with E-state index in [0.29, 0.717) is 6.04 Å². The van der Waals surface area contributed by atoms with Gasteiger partial charge in [-0.1, -0.05) is 35.8 Å². The zero-order valence-corrected chi connectivity index (χ0v) is 13.8. The molecule has 1 saturated heterocycles. The second kappa shape index (κ2) is 6.76. The molecule has 1 aliphatic rings. The summed E-state index contributed by atoms with van der Waals surface area (Å²) in [6.07, 6.45) is 2.50. The molecule has 0 atom stereocenters. The highest BCUT2D eigenvalue weighted by Gasteiger charge is 2.19. The molecule has 2 nitrogen and oxygen atoms in total. The van der Waals surface area contributed by atoms with Gasteiger partial charge in [-0.3, -0.25) is 0 Å². The maximum absolute atomic E-state index is 3.71. The van der Waals surface area contributed by atoms with Crippen LogP contribution in [0.3, 0.4) is 0 Å². The molecule has 1 N–H and O–H groups in total. The number of anilines is 1. The highest BCUT2D eigenvalue weighted by molar-refractivity contribution is 9.10. The first-order valence-corrected chi connectivity index (χ1v) is 8.09. The van der Waals surface area contributed by atoms with Crippen molar-refractivity contribution in [3.63, 3.8) is 0 Å². The van der Waals surface area contributed by atoms with Crippen molar-refractivity contribution in [2.24, 2.45) is 5.92 Å². The van der Waals surface area contributed by atoms with Crippen LogP contribution in [-0.2, 0) is 0 Å². The molecule has 0 bridgehead atoms. The summed E-state index contributed by atoms with van der Waals surface area (Å²) in [6.45, 7) is 10.5. The van der Waals surface area contributed by atoms with E-state index in [1.54, 1.807) is 0 Å². The Labute approximate surface area is 125 Å². The van der Waals surface area contributed by atoms with Gasteiger partial charge in [-0.15, -0.1) is 0 Å².